The Hall–Kier alpha value is -2.00. The van der Waals surface area contributed by atoms with E-state index in [1.54, 1.807) is 0 Å². The molecule has 5 N–H and O–H groups in total. The number of nitrogens with one attached hydrogen (secondary N) is 1. The van der Waals surface area contributed by atoms with E-state index in [1.807, 2.05) is 0 Å². The van der Waals surface area contributed by atoms with Crippen molar-refractivity contribution in [3.63, 3.8) is 0 Å². The molecule has 0 aliphatic carbocycles. The van der Waals surface area contributed by atoms with Crippen molar-refractivity contribution in [2.75, 3.05) is 19.6 Å². The van der Waals surface area contributed by atoms with Crippen LogP contribution >= 0.6 is 0 Å². The lowest BCUT2D eigenvalue weighted by Crippen LogP contribution is -2.39. The molecule has 0 saturated carbocycles. The number of nitrogens with zero attached hydrogens (tertiary/aromatic N) is 1. The predicted octanol–water partition coefficient (Wildman–Crippen LogP) is -0.252. The van der Waals surface area contributed by atoms with Crippen molar-refractivity contribution in [2.24, 2.45) is 0 Å². The summed E-state index contributed by atoms with van der Waals surface area (Å²) in [6, 6.07) is 11.4. The summed E-state index contributed by atoms with van der Waals surface area (Å²) in [6.45, 7) is 6.86. The molecule has 25 heavy (non-hydrogen) atoms. The summed E-state index contributed by atoms with van der Waals surface area (Å²) in [7, 11) is 0. The lowest BCUT2D eigenvalue weighted by atomic mass is 10.2. The van der Waals surface area contributed by atoms with Gasteiger partial charge in [-0.3, -0.25) is 4.90 Å². The number of rotatable bonds is 5. The largest absolute Gasteiger partial charge is 0.479 e. The van der Waals surface area contributed by atoms with Crippen molar-refractivity contribution in [1.29, 1.82) is 0 Å². The van der Waals surface area contributed by atoms with E-state index in [9.17, 15) is 9.59 Å². The molecule has 2 rings (SSSR count). The fourth-order valence-corrected chi connectivity index (χ4v) is 2.33. The standard InChI is InChI=1S/C13H20N2.C4H6O6/c1-12-7-9-15(10-8-14-12)11-13-5-3-2-4-6-13;5-1(3(7)8)2(6)4(9)10/h2-6,12,14H,7-11H2,1H3;1-2,5-6H,(H,7,8)(H,9,10)/t12-;/m1./s1. The Labute approximate surface area is 146 Å². The van der Waals surface area contributed by atoms with Gasteiger partial charge in [0.25, 0.3) is 0 Å². The maximum absolute atomic E-state index is 9.77. The first-order chi connectivity index (χ1) is 11.8. The van der Waals surface area contributed by atoms with Crippen LogP contribution in [0.1, 0.15) is 18.9 Å². The average molecular weight is 354 g/mol. The molecule has 0 bridgehead atoms. The molecular weight excluding hydrogens is 328 g/mol. The van der Waals surface area contributed by atoms with Crippen LogP contribution < -0.4 is 5.32 Å². The second-order valence-electron chi connectivity index (χ2n) is 5.97. The lowest BCUT2D eigenvalue weighted by molar-refractivity contribution is -0.165. The van der Waals surface area contributed by atoms with Gasteiger partial charge in [0, 0.05) is 32.2 Å². The van der Waals surface area contributed by atoms with Gasteiger partial charge in [-0.2, -0.15) is 0 Å². The van der Waals surface area contributed by atoms with Crippen LogP contribution in [0.5, 0.6) is 0 Å². The zero-order valence-electron chi connectivity index (χ0n) is 14.2. The second-order valence-corrected chi connectivity index (χ2v) is 5.97. The van der Waals surface area contributed by atoms with Crippen molar-refractivity contribution in [2.45, 2.75) is 38.1 Å². The van der Waals surface area contributed by atoms with Gasteiger partial charge >= 0.3 is 11.9 Å². The molecule has 3 atom stereocenters. The number of carbonyl (C=O) groups is 2. The molecule has 0 radical (unpaired) electrons. The molecule has 1 saturated heterocycles. The van der Waals surface area contributed by atoms with Gasteiger partial charge in [-0.1, -0.05) is 30.3 Å². The minimum absolute atomic E-state index is 0.672. The Bertz CT molecular complexity index is 521. The summed E-state index contributed by atoms with van der Waals surface area (Å²) in [5.74, 6) is -3.54. The predicted molar refractivity (Wildman–Crippen MR) is 91.1 cm³/mol. The zero-order chi connectivity index (χ0) is 18.8. The highest BCUT2D eigenvalue weighted by Gasteiger charge is 2.29. The maximum Gasteiger partial charge on any atom is 0.335 e. The van der Waals surface area contributed by atoms with Crippen LogP contribution in [0, 0.1) is 0 Å². The smallest absolute Gasteiger partial charge is 0.335 e. The maximum atomic E-state index is 9.77. The minimum atomic E-state index is -2.27. The Morgan fingerprint density at radius 1 is 1.12 bits per heavy atom. The number of hydrogen-bond acceptors (Lipinski definition) is 6. The molecule has 0 spiro atoms. The van der Waals surface area contributed by atoms with E-state index in [0.717, 1.165) is 13.1 Å². The molecule has 1 fully saturated rings. The minimum Gasteiger partial charge on any atom is -0.479 e. The molecule has 8 nitrogen and oxygen atoms in total. The van der Waals surface area contributed by atoms with E-state index < -0.39 is 24.1 Å². The van der Waals surface area contributed by atoms with Crippen molar-refractivity contribution in [3.8, 4) is 0 Å². The Morgan fingerprint density at radius 3 is 2.20 bits per heavy atom. The van der Waals surface area contributed by atoms with Gasteiger partial charge < -0.3 is 25.7 Å². The number of carboxylic acid groups (broad SMARTS) is 2. The van der Waals surface area contributed by atoms with Crippen LogP contribution in [0.25, 0.3) is 0 Å². The Balaban J connectivity index is 0.000000275. The van der Waals surface area contributed by atoms with E-state index in [1.165, 1.54) is 25.1 Å². The summed E-state index contributed by atoms with van der Waals surface area (Å²) in [4.78, 5) is 22.1. The van der Waals surface area contributed by atoms with Gasteiger partial charge in [0.1, 0.15) is 0 Å². The summed E-state index contributed by atoms with van der Waals surface area (Å²) >= 11 is 0. The first-order valence-electron chi connectivity index (χ1n) is 8.12. The average Bonchev–Trinajstić information content (AvgIpc) is 2.79. The lowest BCUT2D eigenvalue weighted by Gasteiger charge is -2.19. The van der Waals surface area contributed by atoms with Crippen LogP contribution in [-0.4, -0.2) is 75.1 Å². The van der Waals surface area contributed by atoms with Crippen LogP contribution in [0.4, 0.5) is 0 Å². The molecule has 1 aliphatic rings. The van der Waals surface area contributed by atoms with Crippen molar-refractivity contribution >= 4 is 11.9 Å². The highest BCUT2D eigenvalue weighted by molar-refractivity contribution is 5.83. The fraction of sp³-hybridized carbons (Fsp3) is 0.529. The highest BCUT2D eigenvalue weighted by Crippen LogP contribution is 2.07. The first-order valence-corrected chi connectivity index (χ1v) is 8.12. The third kappa shape index (κ3) is 8.08. The van der Waals surface area contributed by atoms with Crippen molar-refractivity contribution in [3.05, 3.63) is 35.9 Å². The molecule has 0 aromatic heterocycles. The van der Waals surface area contributed by atoms with Crippen LogP contribution in [0.15, 0.2) is 30.3 Å². The summed E-state index contributed by atoms with van der Waals surface area (Å²) in [5, 5.41) is 36.0. The van der Waals surface area contributed by atoms with Gasteiger partial charge in [0.05, 0.1) is 0 Å². The third-order valence-corrected chi connectivity index (χ3v) is 3.85. The van der Waals surface area contributed by atoms with Crippen molar-refractivity contribution in [1.82, 2.24) is 10.2 Å². The van der Waals surface area contributed by atoms with Gasteiger partial charge in [0.15, 0.2) is 12.2 Å². The van der Waals surface area contributed by atoms with Crippen LogP contribution in [0.3, 0.4) is 0 Å². The van der Waals surface area contributed by atoms with E-state index in [0.29, 0.717) is 6.04 Å². The molecule has 1 aromatic carbocycles. The number of aliphatic hydroxyl groups excluding tert-OH is 2. The van der Waals surface area contributed by atoms with Gasteiger partial charge in [-0.15, -0.1) is 0 Å². The molecule has 140 valence electrons. The van der Waals surface area contributed by atoms with Gasteiger partial charge in [-0.25, -0.2) is 9.59 Å². The van der Waals surface area contributed by atoms with E-state index in [4.69, 9.17) is 20.4 Å². The quantitative estimate of drug-likeness (QED) is 0.489. The summed E-state index contributed by atoms with van der Waals surface area (Å²) in [5.41, 5.74) is 1.42. The molecule has 1 aliphatic heterocycles. The first kappa shape index (κ1) is 21.0. The zero-order valence-corrected chi connectivity index (χ0v) is 14.2. The number of carboxylic acids is 2. The number of aliphatic carboxylic acids is 2. The van der Waals surface area contributed by atoms with E-state index in [2.05, 4.69) is 47.5 Å². The number of aliphatic hydroxyl groups is 2. The van der Waals surface area contributed by atoms with Crippen LogP contribution in [-0.2, 0) is 16.1 Å². The van der Waals surface area contributed by atoms with Gasteiger partial charge in [0.2, 0.25) is 0 Å². The molecule has 1 heterocycles. The molecule has 2 unspecified atom stereocenters. The summed E-state index contributed by atoms with van der Waals surface area (Å²) < 4.78 is 0. The number of hydrogen-bond donors (Lipinski definition) is 5. The molecule has 8 heteroatoms. The topological polar surface area (TPSA) is 130 Å². The van der Waals surface area contributed by atoms with E-state index in [-0.39, 0.29) is 0 Å². The van der Waals surface area contributed by atoms with Gasteiger partial charge in [-0.05, 0) is 18.9 Å². The normalized spacial score (nSPS) is 20.5. The molecular formula is C17H26N2O6. The molecule has 1 aromatic rings. The summed E-state index contributed by atoms with van der Waals surface area (Å²) in [6.07, 6.45) is -3.28. The highest BCUT2D eigenvalue weighted by atomic mass is 16.4. The Kier molecular flexibility index (Phi) is 9.07. The monoisotopic (exact) mass is 354 g/mol. The number of benzene rings is 1. The van der Waals surface area contributed by atoms with Crippen LogP contribution in [0.2, 0.25) is 0 Å². The fourth-order valence-electron chi connectivity index (χ4n) is 2.33. The SMILES string of the molecule is C[C@@H]1CCN(Cc2ccccc2)CCN1.O=C(O)C(O)C(O)C(=O)O. The van der Waals surface area contributed by atoms with Crippen molar-refractivity contribution < 1.29 is 30.0 Å². The van der Waals surface area contributed by atoms with E-state index >= 15 is 0 Å². The molecule has 0 amide bonds. The second kappa shape index (κ2) is 10.8. The Morgan fingerprint density at radius 2 is 1.68 bits per heavy atom. The third-order valence-electron chi connectivity index (χ3n) is 3.85.